The van der Waals surface area contributed by atoms with Crippen molar-refractivity contribution in [2.45, 2.75) is 6.54 Å². The Hall–Kier alpha value is -3.35. The van der Waals surface area contributed by atoms with E-state index in [9.17, 15) is 13.6 Å². The SMILES string of the molecule is O=c1c2cc(-c3ccc(F)cc3)nn2cnn1Cc1cccc(F)c1. The van der Waals surface area contributed by atoms with Crippen molar-refractivity contribution in [3.8, 4) is 11.3 Å². The molecule has 0 spiro atoms. The number of fused-ring (bicyclic) bond motifs is 1. The normalized spacial score (nSPS) is 11.1. The van der Waals surface area contributed by atoms with Crippen LogP contribution < -0.4 is 5.56 Å². The first-order valence-corrected chi connectivity index (χ1v) is 7.56. The molecule has 0 atom stereocenters. The zero-order valence-corrected chi connectivity index (χ0v) is 12.9. The minimum atomic E-state index is -0.366. The Balaban J connectivity index is 1.75. The topological polar surface area (TPSA) is 52.2 Å². The highest BCUT2D eigenvalue weighted by Gasteiger charge is 2.10. The maximum Gasteiger partial charge on any atom is 0.293 e. The molecule has 7 heteroatoms. The highest BCUT2D eigenvalue weighted by atomic mass is 19.1. The summed E-state index contributed by atoms with van der Waals surface area (Å²) in [6.07, 6.45) is 1.42. The highest BCUT2D eigenvalue weighted by Crippen LogP contribution is 2.18. The van der Waals surface area contributed by atoms with Crippen molar-refractivity contribution in [1.82, 2.24) is 19.4 Å². The van der Waals surface area contributed by atoms with Gasteiger partial charge in [0.2, 0.25) is 0 Å². The van der Waals surface area contributed by atoms with E-state index >= 15 is 0 Å². The van der Waals surface area contributed by atoms with Crippen LogP contribution in [0.15, 0.2) is 65.7 Å². The third kappa shape index (κ3) is 2.91. The molecule has 0 N–H and O–H groups in total. The van der Waals surface area contributed by atoms with Gasteiger partial charge < -0.3 is 0 Å². The number of nitrogens with zero attached hydrogens (tertiary/aromatic N) is 4. The fraction of sp³-hybridized carbons (Fsp3) is 0.0556. The van der Waals surface area contributed by atoms with E-state index in [4.69, 9.17) is 0 Å². The lowest BCUT2D eigenvalue weighted by Gasteiger charge is -2.04. The average Bonchev–Trinajstić information content (AvgIpc) is 3.03. The summed E-state index contributed by atoms with van der Waals surface area (Å²) in [5, 5.41) is 8.37. The molecule has 25 heavy (non-hydrogen) atoms. The van der Waals surface area contributed by atoms with Gasteiger partial charge in [0.1, 0.15) is 23.5 Å². The van der Waals surface area contributed by atoms with E-state index in [1.54, 1.807) is 30.3 Å². The highest BCUT2D eigenvalue weighted by molar-refractivity contribution is 5.65. The van der Waals surface area contributed by atoms with Crippen molar-refractivity contribution >= 4 is 5.52 Å². The van der Waals surface area contributed by atoms with Gasteiger partial charge in [-0.1, -0.05) is 12.1 Å². The molecule has 2 aromatic heterocycles. The minimum Gasteiger partial charge on any atom is -0.265 e. The summed E-state index contributed by atoms with van der Waals surface area (Å²) in [7, 11) is 0. The van der Waals surface area contributed by atoms with Crippen LogP contribution in [0.3, 0.4) is 0 Å². The quantitative estimate of drug-likeness (QED) is 0.577. The monoisotopic (exact) mass is 338 g/mol. The largest absolute Gasteiger partial charge is 0.293 e. The first kappa shape index (κ1) is 15.2. The zero-order valence-electron chi connectivity index (χ0n) is 12.9. The van der Waals surface area contributed by atoms with E-state index in [-0.39, 0.29) is 23.7 Å². The molecular formula is C18H12F2N4O. The summed E-state index contributed by atoms with van der Waals surface area (Å²) >= 11 is 0. The van der Waals surface area contributed by atoms with Crippen LogP contribution in [0.1, 0.15) is 5.56 Å². The predicted molar refractivity (Wildman–Crippen MR) is 88.1 cm³/mol. The van der Waals surface area contributed by atoms with Crippen LogP contribution in [0.5, 0.6) is 0 Å². The fourth-order valence-corrected chi connectivity index (χ4v) is 2.62. The Labute approximate surface area is 140 Å². The van der Waals surface area contributed by atoms with Gasteiger partial charge >= 0.3 is 0 Å². The van der Waals surface area contributed by atoms with Crippen molar-refractivity contribution in [2.75, 3.05) is 0 Å². The Morgan fingerprint density at radius 1 is 0.960 bits per heavy atom. The van der Waals surface area contributed by atoms with Crippen LogP contribution in [0.4, 0.5) is 8.78 Å². The molecule has 0 saturated carbocycles. The Morgan fingerprint density at radius 2 is 1.76 bits per heavy atom. The third-order valence-corrected chi connectivity index (χ3v) is 3.85. The van der Waals surface area contributed by atoms with Gasteiger partial charge in [0.05, 0.1) is 12.2 Å². The molecular weight excluding hydrogens is 326 g/mol. The van der Waals surface area contributed by atoms with E-state index in [2.05, 4.69) is 10.2 Å². The molecule has 4 rings (SSSR count). The molecule has 0 unspecified atom stereocenters. The summed E-state index contributed by atoms with van der Waals surface area (Å²) < 4.78 is 29.0. The van der Waals surface area contributed by atoms with Crippen molar-refractivity contribution in [3.05, 3.63) is 88.5 Å². The number of halogens is 2. The summed E-state index contributed by atoms with van der Waals surface area (Å²) in [6, 6.07) is 13.5. The van der Waals surface area contributed by atoms with E-state index in [1.165, 1.54) is 39.8 Å². The number of rotatable bonds is 3. The molecule has 0 fully saturated rings. The van der Waals surface area contributed by atoms with E-state index in [0.29, 0.717) is 22.3 Å². The van der Waals surface area contributed by atoms with Gasteiger partial charge in [-0.25, -0.2) is 18.0 Å². The molecule has 0 aliphatic rings. The van der Waals surface area contributed by atoms with Gasteiger partial charge in [-0.3, -0.25) is 4.79 Å². The van der Waals surface area contributed by atoms with Crippen LogP contribution in [-0.2, 0) is 6.54 Å². The average molecular weight is 338 g/mol. The molecule has 124 valence electrons. The standard InChI is InChI=1S/C18H12F2N4O/c19-14-6-4-13(5-7-14)16-9-17-18(25)23(21-11-24(17)22-16)10-12-2-1-3-15(20)8-12/h1-9,11H,10H2. The number of benzene rings is 2. The second-order valence-corrected chi connectivity index (χ2v) is 5.59. The smallest absolute Gasteiger partial charge is 0.265 e. The van der Waals surface area contributed by atoms with Crippen molar-refractivity contribution in [2.24, 2.45) is 0 Å². The van der Waals surface area contributed by atoms with Gasteiger partial charge in [0.15, 0.2) is 0 Å². The van der Waals surface area contributed by atoms with Crippen LogP contribution in [0.25, 0.3) is 16.8 Å². The lowest BCUT2D eigenvalue weighted by Crippen LogP contribution is -2.25. The van der Waals surface area contributed by atoms with Crippen molar-refractivity contribution in [3.63, 3.8) is 0 Å². The van der Waals surface area contributed by atoms with Crippen LogP contribution >= 0.6 is 0 Å². The molecule has 5 nitrogen and oxygen atoms in total. The lowest BCUT2D eigenvalue weighted by molar-refractivity contribution is 0.603. The van der Waals surface area contributed by atoms with Gasteiger partial charge in [-0.2, -0.15) is 10.2 Å². The predicted octanol–water partition coefficient (Wildman–Crippen LogP) is 2.88. The second kappa shape index (κ2) is 5.94. The van der Waals surface area contributed by atoms with Crippen LogP contribution in [0.2, 0.25) is 0 Å². The molecule has 4 aromatic rings. The molecule has 0 saturated heterocycles. The van der Waals surface area contributed by atoms with Gasteiger partial charge in [0.25, 0.3) is 5.56 Å². The van der Waals surface area contributed by atoms with Crippen LogP contribution in [0, 0.1) is 11.6 Å². The zero-order chi connectivity index (χ0) is 17.4. The Bertz CT molecular complexity index is 1120. The number of hydrogen-bond acceptors (Lipinski definition) is 3. The molecule has 0 radical (unpaired) electrons. The van der Waals surface area contributed by atoms with Gasteiger partial charge in [0, 0.05) is 5.56 Å². The first-order chi connectivity index (χ1) is 12.1. The lowest BCUT2D eigenvalue weighted by atomic mass is 10.1. The summed E-state index contributed by atoms with van der Waals surface area (Å²) in [5.41, 5.74) is 1.87. The summed E-state index contributed by atoms with van der Waals surface area (Å²) in [5.74, 6) is -0.707. The first-order valence-electron chi connectivity index (χ1n) is 7.56. The van der Waals surface area contributed by atoms with Gasteiger partial charge in [-0.15, -0.1) is 0 Å². The summed E-state index contributed by atoms with van der Waals surface area (Å²) in [6.45, 7) is 0.157. The maximum atomic E-state index is 13.3. The maximum absolute atomic E-state index is 13.3. The molecule has 0 amide bonds. The number of aromatic nitrogens is 4. The Morgan fingerprint density at radius 3 is 2.52 bits per heavy atom. The molecule has 2 aromatic carbocycles. The Kier molecular flexibility index (Phi) is 3.61. The van der Waals surface area contributed by atoms with E-state index in [0.717, 1.165) is 0 Å². The number of hydrogen-bond donors (Lipinski definition) is 0. The van der Waals surface area contributed by atoms with Crippen molar-refractivity contribution < 1.29 is 8.78 Å². The second-order valence-electron chi connectivity index (χ2n) is 5.59. The van der Waals surface area contributed by atoms with E-state index < -0.39 is 0 Å². The molecule has 0 bridgehead atoms. The summed E-state index contributed by atoms with van der Waals surface area (Å²) in [4.78, 5) is 12.6. The van der Waals surface area contributed by atoms with Crippen LogP contribution in [-0.4, -0.2) is 19.4 Å². The van der Waals surface area contributed by atoms with Crippen molar-refractivity contribution in [1.29, 1.82) is 0 Å². The molecule has 0 aliphatic carbocycles. The van der Waals surface area contributed by atoms with Gasteiger partial charge in [-0.05, 0) is 48.0 Å². The van der Waals surface area contributed by atoms with E-state index in [1.807, 2.05) is 0 Å². The third-order valence-electron chi connectivity index (χ3n) is 3.85. The fourth-order valence-electron chi connectivity index (χ4n) is 2.62. The molecule has 2 heterocycles. The molecule has 0 aliphatic heterocycles. The minimum absolute atomic E-state index is 0.157.